The fourth-order valence-corrected chi connectivity index (χ4v) is 1.44. The Morgan fingerprint density at radius 2 is 2.12 bits per heavy atom. The van der Waals surface area contributed by atoms with Crippen molar-refractivity contribution in [2.24, 2.45) is 0 Å². The summed E-state index contributed by atoms with van der Waals surface area (Å²) in [5.74, 6) is 0. The number of hydrogen-bond donors (Lipinski definition) is 0. The molecule has 0 amide bonds. The molecular weight excluding hydrogens is 217 g/mol. The summed E-state index contributed by atoms with van der Waals surface area (Å²) >= 11 is 0. The zero-order valence-corrected chi connectivity index (χ0v) is 8.92. The number of hydrogen-bond acceptors (Lipinski definition) is 1. The van der Waals surface area contributed by atoms with Crippen LogP contribution in [-0.2, 0) is 10.9 Å². The van der Waals surface area contributed by atoms with Crippen molar-refractivity contribution in [2.75, 3.05) is 7.11 Å². The van der Waals surface area contributed by atoms with Gasteiger partial charge in [-0.2, -0.15) is 13.2 Å². The van der Waals surface area contributed by atoms with Crippen molar-refractivity contribution >= 4 is 0 Å². The van der Waals surface area contributed by atoms with E-state index in [4.69, 9.17) is 4.74 Å². The lowest BCUT2D eigenvalue weighted by Gasteiger charge is -2.15. The summed E-state index contributed by atoms with van der Waals surface area (Å²) in [6.07, 6.45) is -2.59. The molecule has 0 saturated carbocycles. The molecule has 0 aromatic heterocycles. The number of halogens is 3. The molecule has 0 spiro atoms. The molecule has 1 rings (SSSR count). The molecule has 0 saturated heterocycles. The Morgan fingerprint density at radius 3 is 2.62 bits per heavy atom. The van der Waals surface area contributed by atoms with Crippen molar-refractivity contribution in [3.05, 3.63) is 48.0 Å². The molecule has 0 bridgehead atoms. The Bertz CT molecular complexity index is 358. The molecular formula is C12H13F3O. The summed E-state index contributed by atoms with van der Waals surface area (Å²) in [6, 6.07) is 5.15. The standard InChI is InChI=1S/C12H13F3O/c1-3-5-11(16-2)9-6-4-7-10(8-9)12(13,14)15/h3-4,6-8,11H,1,5H2,2H3/t11-/m0/s1. The van der Waals surface area contributed by atoms with E-state index in [0.717, 1.165) is 12.1 Å². The van der Waals surface area contributed by atoms with Crippen LogP contribution in [0.1, 0.15) is 23.7 Å². The first-order chi connectivity index (χ1) is 7.49. The second-order valence-corrected chi connectivity index (χ2v) is 3.37. The van der Waals surface area contributed by atoms with E-state index < -0.39 is 11.7 Å². The van der Waals surface area contributed by atoms with Gasteiger partial charge in [0.2, 0.25) is 0 Å². The van der Waals surface area contributed by atoms with Crippen molar-refractivity contribution in [1.29, 1.82) is 0 Å². The number of alkyl halides is 3. The van der Waals surface area contributed by atoms with Gasteiger partial charge in [-0.25, -0.2) is 0 Å². The van der Waals surface area contributed by atoms with Crippen LogP contribution in [0.15, 0.2) is 36.9 Å². The minimum Gasteiger partial charge on any atom is -0.376 e. The fraction of sp³-hybridized carbons (Fsp3) is 0.333. The predicted octanol–water partition coefficient (Wildman–Crippen LogP) is 3.97. The van der Waals surface area contributed by atoms with Crippen LogP contribution in [0.25, 0.3) is 0 Å². The lowest BCUT2D eigenvalue weighted by atomic mass is 10.0. The molecule has 16 heavy (non-hydrogen) atoms. The normalized spacial score (nSPS) is 13.5. The maximum absolute atomic E-state index is 12.5. The van der Waals surface area contributed by atoms with Gasteiger partial charge < -0.3 is 4.74 Å². The summed E-state index contributed by atoms with van der Waals surface area (Å²) in [4.78, 5) is 0. The van der Waals surface area contributed by atoms with Gasteiger partial charge in [0.05, 0.1) is 11.7 Å². The van der Waals surface area contributed by atoms with Crippen LogP contribution in [0.3, 0.4) is 0 Å². The van der Waals surface area contributed by atoms with E-state index in [0.29, 0.717) is 12.0 Å². The van der Waals surface area contributed by atoms with E-state index >= 15 is 0 Å². The maximum atomic E-state index is 12.5. The van der Waals surface area contributed by atoms with Crippen molar-refractivity contribution in [3.8, 4) is 0 Å². The maximum Gasteiger partial charge on any atom is 0.416 e. The van der Waals surface area contributed by atoms with Crippen molar-refractivity contribution in [3.63, 3.8) is 0 Å². The Balaban J connectivity index is 3.01. The quantitative estimate of drug-likeness (QED) is 0.711. The molecule has 0 radical (unpaired) electrons. The zero-order chi connectivity index (χ0) is 12.2. The first-order valence-corrected chi connectivity index (χ1v) is 4.80. The predicted molar refractivity (Wildman–Crippen MR) is 56.0 cm³/mol. The third-order valence-corrected chi connectivity index (χ3v) is 2.25. The van der Waals surface area contributed by atoms with Gasteiger partial charge in [-0.1, -0.05) is 18.2 Å². The van der Waals surface area contributed by atoms with Crippen LogP contribution in [0.2, 0.25) is 0 Å². The lowest BCUT2D eigenvalue weighted by molar-refractivity contribution is -0.137. The Morgan fingerprint density at radius 1 is 1.44 bits per heavy atom. The molecule has 0 N–H and O–H groups in total. The molecule has 0 heterocycles. The monoisotopic (exact) mass is 230 g/mol. The van der Waals surface area contributed by atoms with E-state index in [9.17, 15) is 13.2 Å². The Kier molecular flexibility index (Phi) is 4.12. The third kappa shape index (κ3) is 3.10. The van der Waals surface area contributed by atoms with Crippen molar-refractivity contribution in [1.82, 2.24) is 0 Å². The molecule has 0 fully saturated rings. The molecule has 1 nitrogen and oxygen atoms in total. The fourth-order valence-electron chi connectivity index (χ4n) is 1.44. The highest BCUT2D eigenvalue weighted by molar-refractivity contribution is 5.27. The van der Waals surface area contributed by atoms with Gasteiger partial charge in [-0.15, -0.1) is 6.58 Å². The molecule has 1 aromatic carbocycles. The van der Waals surface area contributed by atoms with Crippen LogP contribution in [0, 0.1) is 0 Å². The van der Waals surface area contributed by atoms with Gasteiger partial charge in [0.15, 0.2) is 0 Å². The summed E-state index contributed by atoms with van der Waals surface area (Å²) in [5, 5.41) is 0. The van der Waals surface area contributed by atoms with Crippen LogP contribution in [-0.4, -0.2) is 7.11 Å². The largest absolute Gasteiger partial charge is 0.416 e. The lowest BCUT2D eigenvalue weighted by Crippen LogP contribution is -2.07. The highest BCUT2D eigenvalue weighted by atomic mass is 19.4. The third-order valence-electron chi connectivity index (χ3n) is 2.25. The second-order valence-electron chi connectivity index (χ2n) is 3.37. The van der Waals surface area contributed by atoms with Gasteiger partial charge in [-0.05, 0) is 24.1 Å². The van der Waals surface area contributed by atoms with Crippen LogP contribution >= 0.6 is 0 Å². The zero-order valence-electron chi connectivity index (χ0n) is 8.92. The SMILES string of the molecule is C=CC[C@H](OC)c1cccc(C(F)(F)F)c1. The molecule has 0 aliphatic rings. The Labute approximate surface area is 92.5 Å². The van der Waals surface area contributed by atoms with Crippen LogP contribution in [0.5, 0.6) is 0 Å². The minimum atomic E-state index is -4.32. The topological polar surface area (TPSA) is 9.23 Å². The van der Waals surface area contributed by atoms with Gasteiger partial charge in [-0.3, -0.25) is 0 Å². The average Bonchev–Trinajstić information content (AvgIpc) is 2.25. The highest BCUT2D eigenvalue weighted by Crippen LogP contribution is 2.31. The van der Waals surface area contributed by atoms with Gasteiger partial charge in [0.25, 0.3) is 0 Å². The molecule has 88 valence electrons. The second kappa shape index (κ2) is 5.16. The van der Waals surface area contributed by atoms with Gasteiger partial charge >= 0.3 is 6.18 Å². The van der Waals surface area contributed by atoms with Crippen molar-refractivity contribution in [2.45, 2.75) is 18.7 Å². The molecule has 0 aliphatic carbocycles. The molecule has 4 heteroatoms. The van der Waals surface area contributed by atoms with E-state index in [1.54, 1.807) is 12.1 Å². The number of benzene rings is 1. The first-order valence-electron chi connectivity index (χ1n) is 4.80. The highest BCUT2D eigenvalue weighted by Gasteiger charge is 2.30. The summed E-state index contributed by atoms with van der Waals surface area (Å²) in [5.41, 5.74) is -0.145. The molecule has 0 unspecified atom stereocenters. The van der Waals surface area contributed by atoms with E-state index in [-0.39, 0.29) is 6.10 Å². The summed E-state index contributed by atoms with van der Waals surface area (Å²) in [7, 11) is 1.47. The Hall–Kier alpha value is -1.29. The molecule has 1 atom stereocenters. The number of methoxy groups -OCH3 is 1. The average molecular weight is 230 g/mol. The van der Waals surface area contributed by atoms with Crippen molar-refractivity contribution < 1.29 is 17.9 Å². The number of ether oxygens (including phenoxy) is 1. The van der Waals surface area contributed by atoms with E-state index in [1.165, 1.54) is 13.2 Å². The van der Waals surface area contributed by atoms with Crippen LogP contribution < -0.4 is 0 Å². The smallest absolute Gasteiger partial charge is 0.376 e. The van der Waals surface area contributed by atoms with E-state index in [2.05, 4.69) is 6.58 Å². The summed E-state index contributed by atoms with van der Waals surface area (Å²) < 4.78 is 42.5. The van der Waals surface area contributed by atoms with Gasteiger partial charge in [0.1, 0.15) is 0 Å². The van der Waals surface area contributed by atoms with E-state index in [1.807, 2.05) is 0 Å². The summed E-state index contributed by atoms with van der Waals surface area (Å²) in [6.45, 7) is 3.54. The molecule has 0 aliphatic heterocycles. The van der Waals surface area contributed by atoms with Gasteiger partial charge in [0, 0.05) is 7.11 Å². The first kappa shape index (κ1) is 12.8. The van der Waals surface area contributed by atoms with Crippen LogP contribution in [0.4, 0.5) is 13.2 Å². The minimum absolute atomic E-state index is 0.375. The number of rotatable bonds is 4. The molecule has 1 aromatic rings.